The number of ether oxygens (including phenoxy) is 1. The maximum absolute atomic E-state index is 10.6. The monoisotopic (exact) mass is 256 g/mol. The molecular formula is C16H32O2. The highest BCUT2D eigenvalue weighted by molar-refractivity contribution is 5.10. The average molecular weight is 256 g/mol. The van der Waals surface area contributed by atoms with Gasteiger partial charge in [-0.05, 0) is 39.5 Å². The van der Waals surface area contributed by atoms with E-state index >= 15 is 0 Å². The van der Waals surface area contributed by atoms with Crippen molar-refractivity contribution in [2.45, 2.75) is 80.6 Å². The van der Waals surface area contributed by atoms with Gasteiger partial charge in [-0.2, -0.15) is 0 Å². The molecule has 0 aromatic heterocycles. The summed E-state index contributed by atoms with van der Waals surface area (Å²) in [7, 11) is 0. The number of aliphatic hydroxyl groups excluding tert-OH is 1. The molecule has 108 valence electrons. The minimum absolute atomic E-state index is 0.0759. The minimum atomic E-state index is -0.803. The van der Waals surface area contributed by atoms with Gasteiger partial charge in [0, 0.05) is 5.41 Å². The second-order valence-corrected chi connectivity index (χ2v) is 7.34. The van der Waals surface area contributed by atoms with Crippen LogP contribution in [0.1, 0.15) is 68.7 Å². The highest BCUT2D eigenvalue weighted by Crippen LogP contribution is 2.44. The first-order chi connectivity index (χ1) is 7.85. The molecule has 0 radical (unpaired) electrons. The van der Waals surface area contributed by atoms with E-state index in [9.17, 15) is 5.11 Å². The summed E-state index contributed by atoms with van der Waals surface area (Å²) >= 11 is 0. The van der Waals surface area contributed by atoms with Gasteiger partial charge in [-0.15, -0.1) is 0 Å². The lowest BCUT2D eigenvalue weighted by Crippen LogP contribution is -2.47. The van der Waals surface area contributed by atoms with E-state index in [4.69, 9.17) is 4.74 Å². The van der Waals surface area contributed by atoms with Gasteiger partial charge in [-0.25, -0.2) is 0 Å². The summed E-state index contributed by atoms with van der Waals surface area (Å²) in [5.41, 5.74) is 0.414. The fourth-order valence-corrected chi connectivity index (χ4v) is 1.77. The molecule has 2 nitrogen and oxygen atoms in total. The summed E-state index contributed by atoms with van der Waals surface area (Å²) < 4.78 is 5.89. The van der Waals surface area contributed by atoms with Crippen LogP contribution >= 0.6 is 0 Å². The maximum Gasteiger partial charge on any atom is 0.164 e. The molecule has 0 heterocycles. The Morgan fingerprint density at radius 3 is 1.83 bits per heavy atom. The van der Waals surface area contributed by atoms with Gasteiger partial charge >= 0.3 is 0 Å². The van der Waals surface area contributed by atoms with Crippen molar-refractivity contribution in [3.63, 3.8) is 0 Å². The van der Waals surface area contributed by atoms with Crippen molar-refractivity contribution in [1.29, 1.82) is 0 Å². The van der Waals surface area contributed by atoms with Gasteiger partial charge in [0.15, 0.2) is 6.29 Å². The van der Waals surface area contributed by atoms with Crippen LogP contribution in [0.5, 0.6) is 0 Å². The third kappa shape index (κ3) is 4.40. The van der Waals surface area contributed by atoms with Crippen LogP contribution in [0.2, 0.25) is 0 Å². The van der Waals surface area contributed by atoms with Gasteiger partial charge in [0.05, 0.1) is 5.60 Å². The summed E-state index contributed by atoms with van der Waals surface area (Å²) in [5.74, 6) is 0. The van der Waals surface area contributed by atoms with E-state index in [-0.39, 0.29) is 11.0 Å². The van der Waals surface area contributed by atoms with Gasteiger partial charge < -0.3 is 9.84 Å². The fraction of sp³-hybridized carbons (Fsp3) is 0.875. The Morgan fingerprint density at radius 2 is 1.56 bits per heavy atom. The van der Waals surface area contributed by atoms with Crippen LogP contribution in [0, 0.1) is 10.8 Å². The quantitative estimate of drug-likeness (QED) is 0.578. The molecule has 0 saturated heterocycles. The summed E-state index contributed by atoms with van der Waals surface area (Å²) in [6, 6.07) is 0. The van der Waals surface area contributed by atoms with E-state index in [1.807, 2.05) is 13.8 Å². The van der Waals surface area contributed by atoms with E-state index in [1.54, 1.807) is 0 Å². The van der Waals surface area contributed by atoms with Gasteiger partial charge in [0.1, 0.15) is 0 Å². The molecule has 18 heavy (non-hydrogen) atoms. The van der Waals surface area contributed by atoms with Crippen molar-refractivity contribution in [1.82, 2.24) is 0 Å². The van der Waals surface area contributed by atoms with Crippen molar-refractivity contribution >= 4 is 0 Å². The number of allylic oxidation sites excluding steroid dienone is 1. The molecule has 0 aliphatic rings. The van der Waals surface area contributed by atoms with Crippen LogP contribution in [-0.4, -0.2) is 17.0 Å². The van der Waals surface area contributed by atoms with Crippen LogP contribution in [-0.2, 0) is 4.74 Å². The van der Waals surface area contributed by atoms with Gasteiger partial charge in [-0.1, -0.05) is 46.3 Å². The summed E-state index contributed by atoms with van der Waals surface area (Å²) in [5, 5.41) is 10.6. The SMILES string of the molecule is CCC(C)(C)OC(O)C(C)(C=C(C)C)C(C)(C)C. The van der Waals surface area contributed by atoms with Crippen molar-refractivity contribution in [3.05, 3.63) is 11.6 Å². The van der Waals surface area contributed by atoms with Gasteiger partial charge in [0.25, 0.3) is 0 Å². The van der Waals surface area contributed by atoms with Crippen LogP contribution in [0.4, 0.5) is 0 Å². The lowest BCUT2D eigenvalue weighted by molar-refractivity contribution is -0.233. The zero-order valence-electron chi connectivity index (χ0n) is 13.7. The third-order valence-electron chi connectivity index (χ3n) is 4.00. The predicted octanol–water partition coefficient (Wildman–Crippen LogP) is 4.53. The zero-order chi connectivity index (χ0) is 14.8. The van der Waals surface area contributed by atoms with E-state index in [0.29, 0.717) is 0 Å². The van der Waals surface area contributed by atoms with Crippen LogP contribution in [0.3, 0.4) is 0 Å². The molecule has 0 spiro atoms. The molecule has 1 N–H and O–H groups in total. The Kier molecular flexibility index (Phi) is 5.64. The minimum Gasteiger partial charge on any atom is -0.367 e. The first-order valence-electron chi connectivity index (χ1n) is 6.87. The molecule has 2 heteroatoms. The Bertz CT molecular complexity index is 293. The Labute approximate surface area is 113 Å². The first-order valence-corrected chi connectivity index (χ1v) is 6.87. The highest BCUT2D eigenvalue weighted by atomic mass is 16.6. The molecular weight excluding hydrogens is 224 g/mol. The molecule has 0 rings (SSSR count). The van der Waals surface area contributed by atoms with E-state index in [1.165, 1.54) is 5.57 Å². The molecule has 0 aromatic rings. The average Bonchev–Trinajstić information content (AvgIpc) is 2.14. The van der Waals surface area contributed by atoms with Gasteiger partial charge in [-0.3, -0.25) is 0 Å². The zero-order valence-corrected chi connectivity index (χ0v) is 13.7. The maximum atomic E-state index is 10.6. The van der Waals surface area contributed by atoms with Crippen molar-refractivity contribution < 1.29 is 9.84 Å². The smallest absolute Gasteiger partial charge is 0.164 e. The molecule has 0 bridgehead atoms. The lowest BCUT2D eigenvalue weighted by atomic mass is 9.66. The molecule has 0 aliphatic heterocycles. The van der Waals surface area contributed by atoms with Gasteiger partial charge in [0.2, 0.25) is 0 Å². The largest absolute Gasteiger partial charge is 0.367 e. The van der Waals surface area contributed by atoms with Crippen LogP contribution in [0.25, 0.3) is 0 Å². The molecule has 2 unspecified atom stereocenters. The second-order valence-electron chi connectivity index (χ2n) is 7.34. The van der Waals surface area contributed by atoms with Crippen molar-refractivity contribution in [2.24, 2.45) is 10.8 Å². The molecule has 0 saturated carbocycles. The Morgan fingerprint density at radius 1 is 1.11 bits per heavy atom. The topological polar surface area (TPSA) is 29.5 Å². The summed E-state index contributed by atoms with van der Waals surface area (Å²) in [6.45, 7) is 18.7. The molecule has 2 atom stereocenters. The second kappa shape index (κ2) is 5.75. The molecule has 0 aromatic carbocycles. The third-order valence-corrected chi connectivity index (χ3v) is 4.00. The number of rotatable bonds is 5. The predicted molar refractivity (Wildman–Crippen MR) is 78.5 cm³/mol. The van der Waals surface area contributed by atoms with Crippen molar-refractivity contribution in [2.75, 3.05) is 0 Å². The normalized spacial score (nSPS) is 18.1. The standard InChI is InChI=1S/C16H32O2/c1-10-15(7,8)18-13(17)16(9,11-12(2)3)14(4,5)6/h11,13,17H,10H2,1-9H3. The number of aliphatic hydroxyl groups is 1. The Balaban J connectivity index is 5.30. The summed E-state index contributed by atoms with van der Waals surface area (Å²) in [4.78, 5) is 0. The van der Waals surface area contributed by atoms with Crippen molar-refractivity contribution in [3.8, 4) is 0 Å². The number of hydrogen-bond acceptors (Lipinski definition) is 2. The van der Waals surface area contributed by atoms with E-state index in [2.05, 4.69) is 54.5 Å². The van der Waals surface area contributed by atoms with E-state index < -0.39 is 11.7 Å². The molecule has 0 amide bonds. The lowest BCUT2D eigenvalue weighted by Gasteiger charge is -2.45. The highest BCUT2D eigenvalue weighted by Gasteiger charge is 2.44. The molecule has 0 aliphatic carbocycles. The fourth-order valence-electron chi connectivity index (χ4n) is 1.77. The van der Waals surface area contributed by atoms with E-state index in [0.717, 1.165) is 6.42 Å². The Hall–Kier alpha value is -0.340. The van der Waals surface area contributed by atoms with Crippen LogP contribution in [0.15, 0.2) is 11.6 Å². The summed E-state index contributed by atoms with van der Waals surface area (Å²) in [6.07, 6.45) is 2.20. The number of hydrogen-bond donors (Lipinski definition) is 1. The van der Waals surface area contributed by atoms with Crippen LogP contribution < -0.4 is 0 Å². The molecule has 0 fully saturated rings. The first kappa shape index (κ1) is 17.7.